The summed E-state index contributed by atoms with van der Waals surface area (Å²) >= 11 is 4.64. The van der Waals surface area contributed by atoms with Crippen LogP contribution in [-0.4, -0.2) is 30.5 Å². The minimum atomic E-state index is -0.142. The van der Waals surface area contributed by atoms with E-state index in [2.05, 4.69) is 72.0 Å². The zero-order valence-corrected chi connectivity index (χ0v) is 20.3. The second-order valence-electron chi connectivity index (χ2n) is 8.77. The van der Waals surface area contributed by atoms with E-state index in [0.717, 1.165) is 8.68 Å². The summed E-state index contributed by atoms with van der Waals surface area (Å²) in [5, 5.41) is 16.7. The van der Waals surface area contributed by atoms with Crippen molar-refractivity contribution in [1.82, 2.24) is 30.5 Å². The standard InChI is InChI=1S/C18H26N6O2S3/c1-9(11-19-13(23-25-11)17(3,4)5)27-15-21-22-16(29-15)28-10(2)12-20-14(24-26-12)18(6,7)8/h9-10H,1-8H3. The van der Waals surface area contributed by atoms with Gasteiger partial charge in [0.2, 0.25) is 11.8 Å². The Morgan fingerprint density at radius 2 is 1.10 bits per heavy atom. The highest BCUT2D eigenvalue weighted by molar-refractivity contribution is 8.03. The normalized spacial score (nSPS) is 14.9. The van der Waals surface area contributed by atoms with E-state index in [-0.39, 0.29) is 21.3 Å². The summed E-state index contributed by atoms with van der Waals surface area (Å²) in [6.07, 6.45) is 0. The van der Waals surface area contributed by atoms with Crippen molar-refractivity contribution in [3.63, 3.8) is 0 Å². The number of thioether (sulfide) groups is 2. The van der Waals surface area contributed by atoms with Gasteiger partial charge in [-0.2, -0.15) is 9.97 Å². The van der Waals surface area contributed by atoms with Crippen LogP contribution in [0, 0.1) is 0 Å². The summed E-state index contributed by atoms with van der Waals surface area (Å²) in [5.74, 6) is 2.60. The predicted molar refractivity (Wildman–Crippen MR) is 114 cm³/mol. The molecule has 0 aromatic carbocycles. The molecule has 0 saturated carbocycles. The first kappa shape index (κ1) is 22.2. The largest absolute Gasteiger partial charge is 0.338 e. The van der Waals surface area contributed by atoms with Gasteiger partial charge in [0.15, 0.2) is 20.3 Å². The molecule has 0 N–H and O–H groups in total. The molecule has 0 radical (unpaired) electrons. The van der Waals surface area contributed by atoms with Crippen LogP contribution in [0.3, 0.4) is 0 Å². The second kappa shape index (κ2) is 8.35. The van der Waals surface area contributed by atoms with Crippen molar-refractivity contribution in [3.8, 4) is 0 Å². The topological polar surface area (TPSA) is 104 Å². The minimum absolute atomic E-state index is 0.00731. The van der Waals surface area contributed by atoms with Gasteiger partial charge in [-0.15, -0.1) is 10.2 Å². The number of aromatic nitrogens is 6. The van der Waals surface area contributed by atoms with E-state index < -0.39 is 0 Å². The fourth-order valence-corrected chi connectivity index (χ4v) is 5.48. The Hall–Kier alpha value is -1.46. The Kier molecular flexibility index (Phi) is 6.40. The lowest BCUT2D eigenvalue weighted by atomic mass is 9.96. The molecule has 2 unspecified atom stereocenters. The summed E-state index contributed by atoms with van der Waals surface area (Å²) in [6, 6.07) is 0. The molecule has 0 saturated heterocycles. The summed E-state index contributed by atoms with van der Waals surface area (Å²) in [7, 11) is 0. The Balaban J connectivity index is 1.62. The summed E-state index contributed by atoms with van der Waals surface area (Å²) in [5.41, 5.74) is -0.285. The summed E-state index contributed by atoms with van der Waals surface area (Å²) in [4.78, 5) is 9.04. The van der Waals surface area contributed by atoms with Crippen molar-refractivity contribution in [2.24, 2.45) is 0 Å². The Morgan fingerprint density at radius 3 is 1.41 bits per heavy atom. The lowest BCUT2D eigenvalue weighted by Gasteiger charge is -2.11. The third-order valence-corrected chi connectivity index (χ3v) is 7.13. The van der Waals surface area contributed by atoms with Gasteiger partial charge < -0.3 is 9.05 Å². The Bertz CT molecular complexity index is 879. The maximum absolute atomic E-state index is 5.43. The number of rotatable bonds is 6. The molecule has 3 aromatic heterocycles. The van der Waals surface area contributed by atoms with E-state index in [0.29, 0.717) is 23.4 Å². The summed E-state index contributed by atoms with van der Waals surface area (Å²) < 4.78 is 12.6. The van der Waals surface area contributed by atoms with Gasteiger partial charge in [0.25, 0.3) is 0 Å². The number of nitrogens with zero attached hydrogens (tertiary/aromatic N) is 6. The molecule has 11 heteroatoms. The molecule has 0 aliphatic heterocycles. The lowest BCUT2D eigenvalue weighted by molar-refractivity contribution is 0.364. The zero-order chi connectivity index (χ0) is 21.4. The van der Waals surface area contributed by atoms with Gasteiger partial charge in [0.05, 0.1) is 10.5 Å². The molecule has 3 rings (SSSR count). The van der Waals surface area contributed by atoms with E-state index in [1.54, 1.807) is 23.5 Å². The molecule has 0 bridgehead atoms. The maximum Gasteiger partial charge on any atom is 0.239 e. The zero-order valence-electron chi connectivity index (χ0n) is 17.9. The average Bonchev–Trinajstić information content (AvgIpc) is 3.34. The molecule has 3 heterocycles. The molecule has 8 nitrogen and oxygen atoms in total. The molecule has 2 atom stereocenters. The molecule has 3 aromatic rings. The van der Waals surface area contributed by atoms with E-state index >= 15 is 0 Å². The van der Waals surface area contributed by atoms with Crippen LogP contribution in [0.25, 0.3) is 0 Å². The molecular formula is C18H26N6O2S3. The molecule has 0 spiro atoms. The highest BCUT2D eigenvalue weighted by Gasteiger charge is 2.26. The van der Waals surface area contributed by atoms with E-state index in [1.807, 2.05) is 13.8 Å². The van der Waals surface area contributed by atoms with Crippen LogP contribution in [0.2, 0.25) is 0 Å². The van der Waals surface area contributed by atoms with Crippen LogP contribution < -0.4 is 0 Å². The van der Waals surface area contributed by atoms with Gasteiger partial charge in [-0.3, -0.25) is 0 Å². The number of hydrogen-bond donors (Lipinski definition) is 0. The van der Waals surface area contributed by atoms with Crippen molar-refractivity contribution in [2.75, 3.05) is 0 Å². The SMILES string of the molecule is CC(Sc1nnc(SC(C)c2nc(C(C)(C)C)no2)s1)c1nc(C(C)(C)C)no1. The van der Waals surface area contributed by atoms with Crippen LogP contribution in [0.1, 0.15) is 89.3 Å². The fraction of sp³-hybridized carbons (Fsp3) is 0.667. The molecule has 158 valence electrons. The molecular weight excluding hydrogens is 428 g/mol. The number of hydrogen-bond acceptors (Lipinski definition) is 11. The van der Waals surface area contributed by atoms with Crippen molar-refractivity contribution < 1.29 is 9.05 Å². The van der Waals surface area contributed by atoms with Gasteiger partial charge in [-0.05, 0) is 13.8 Å². The fourth-order valence-electron chi connectivity index (χ4n) is 2.11. The molecule has 0 aliphatic carbocycles. The first-order valence-electron chi connectivity index (χ1n) is 9.28. The van der Waals surface area contributed by atoms with Gasteiger partial charge in [0, 0.05) is 10.8 Å². The highest BCUT2D eigenvalue weighted by Crippen LogP contribution is 2.41. The molecule has 0 aliphatic rings. The van der Waals surface area contributed by atoms with Gasteiger partial charge in [-0.25, -0.2) is 0 Å². The molecule has 0 fully saturated rings. The van der Waals surface area contributed by atoms with Crippen molar-refractivity contribution in [2.45, 2.75) is 85.4 Å². The quantitative estimate of drug-likeness (QED) is 0.437. The minimum Gasteiger partial charge on any atom is -0.338 e. The van der Waals surface area contributed by atoms with Crippen LogP contribution in [-0.2, 0) is 10.8 Å². The maximum atomic E-state index is 5.43. The van der Waals surface area contributed by atoms with Gasteiger partial charge in [0.1, 0.15) is 0 Å². The van der Waals surface area contributed by atoms with Crippen LogP contribution in [0.5, 0.6) is 0 Å². The second-order valence-corrected chi connectivity index (χ2v) is 12.9. The Morgan fingerprint density at radius 1 is 0.724 bits per heavy atom. The van der Waals surface area contributed by atoms with Crippen molar-refractivity contribution in [1.29, 1.82) is 0 Å². The monoisotopic (exact) mass is 454 g/mol. The van der Waals surface area contributed by atoms with Crippen molar-refractivity contribution in [3.05, 3.63) is 23.4 Å². The molecule has 29 heavy (non-hydrogen) atoms. The summed E-state index contributed by atoms with van der Waals surface area (Å²) in [6.45, 7) is 16.4. The van der Waals surface area contributed by atoms with Crippen LogP contribution >= 0.6 is 34.9 Å². The highest BCUT2D eigenvalue weighted by atomic mass is 32.2. The lowest BCUT2D eigenvalue weighted by Crippen LogP contribution is -2.13. The predicted octanol–water partition coefficient (Wildman–Crippen LogP) is 5.61. The Labute approximate surface area is 183 Å². The van der Waals surface area contributed by atoms with Gasteiger partial charge >= 0.3 is 0 Å². The molecule has 0 amide bonds. The third-order valence-electron chi connectivity index (χ3n) is 3.86. The van der Waals surface area contributed by atoms with Crippen LogP contribution in [0.4, 0.5) is 0 Å². The van der Waals surface area contributed by atoms with Crippen molar-refractivity contribution >= 4 is 34.9 Å². The van der Waals surface area contributed by atoms with Crippen LogP contribution in [0.15, 0.2) is 17.7 Å². The van der Waals surface area contributed by atoms with E-state index in [9.17, 15) is 0 Å². The first-order chi connectivity index (χ1) is 13.4. The van der Waals surface area contributed by atoms with Gasteiger partial charge in [-0.1, -0.05) is 86.7 Å². The third kappa shape index (κ3) is 5.58. The smallest absolute Gasteiger partial charge is 0.239 e. The van der Waals surface area contributed by atoms with E-state index in [1.165, 1.54) is 11.3 Å². The van der Waals surface area contributed by atoms with E-state index in [4.69, 9.17) is 9.05 Å². The first-order valence-corrected chi connectivity index (χ1v) is 11.9. The average molecular weight is 455 g/mol.